The largest absolute Gasteiger partial charge is 0.133 e. The van der Waals surface area contributed by atoms with Crippen LogP contribution in [0.3, 0.4) is 0 Å². The summed E-state index contributed by atoms with van der Waals surface area (Å²) in [6.45, 7) is 0. The van der Waals surface area contributed by atoms with Gasteiger partial charge in [-0.15, -0.1) is 27.7 Å². The van der Waals surface area contributed by atoms with Gasteiger partial charge in [0.25, 0.3) is 0 Å². The monoisotopic (exact) mass is 216 g/mol. The number of rotatable bonds is 3. The van der Waals surface area contributed by atoms with Gasteiger partial charge in [-0.1, -0.05) is 18.2 Å². The van der Waals surface area contributed by atoms with Crippen molar-refractivity contribution in [3.8, 4) is 0 Å². The molecule has 0 radical (unpaired) electrons. The van der Waals surface area contributed by atoms with Gasteiger partial charge in [-0.05, 0) is 35.2 Å². The molecule has 1 aromatic carbocycles. The summed E-state index contributed by atoms with van der Waals surface area (Å²) in [5.74, 6) is 0. The number of hydrogen-bond acceptors (Lipinski definition) is 0. The Balaban J connectivity index is 3.02. The van der Waals surface area contributed by atoms with Crippen molar-refractivity contribution in [2.24, 2.45) is 0 Å². The minimum Gasteiger partial charge on any atom is -0.133 e. The quantitative estimate of drug-likeness (QED) is 0.681. The van der Waals surface area contributed by atoms with Crippen molar-refractivity contribution in [2.75, 3.05) is 0 Å². The highest BCUT2D eigenvalue weighted by molar-refractivity contribution is 7.16. The van der Waals surface area contributed by atoms with Gasteiger partial charge in [0.15, 0.2) is 0 Å². The summed E-state index contributed by atoms with van der Waals surface area (Å²) in [6.07, 6.45) is 3.16. The fourth-order valence-electron chi connectivity index (χ4n) is 1.20. The lowest BCUT2D eigenvalue weighted by atomic mass is 10.1. The van der Waals surface area contributed by atoms with Crippen molar-refractivity contribution in [3.63, 3.8) is 0 Å². The first-order chi connectivity index (χ1) is 5.81. The molecule has 0 spiro atoms. The van der Waals surface area contributed by atoms with E-state index in [4.69, 9.17) is 0 Å². The van der Waals surface area contributed by atoms with Crippen LogP contribution in [0.4, 0.5) is 0 Å². The van der Waals surface area contributed by atoms with E-state index < -0.39 is 0 Å². The van der Waals surface area contributed by atoms with Crippen LogP contribution in [0.2, 0.25) is 0 Å². The molecule has 12 heavy (non-hydrogen) atoms. The van der Waals surface area contributed by atoms with E-state index in [9.17, 15) is 0 Å². The minimum atomic E-state index is 1.05. The van der Waals surface area contributed by atoms with Crippen molar-refractivity contribution < 1.29 is 0 Å². The van der Waals surface area contributed by atoms with Crippen LogP contribution in [-0.4, -0.2) is 0 Å². The average Bonchev–Trinajstić information content (AvgIpc) is 2.16. The zero-order valence-electron chi connectivity index (χ0n) is 7.09. The van der Waals surface area contributed by atoms with E-state index in [0.717, 1.165) is 18.5 Å². The molecular weight excluding hydrogens is 201 g/mol. The normalized spacial score (nSPS) is 10.2. The second kappa shape index (κ2) is 5.29. The van der Waals surface area contributed by atoms with Gasteiger partial charge in [-0.3, -0.25) is 0 Å². The SMILES string of the molecule is PCc1ccc(CP)c(CP)c1. The third-order valence-corrected chi connectivity index (χ3v) is 3.30. The van der Waals surface area contributed by atoms with Crippen LogP contribution in [0.5, 0.6) is 0 Å². The minimum absolute atomic E-state index is 1.05. The molecule has 0 heterocycles. The zero-order chi connectivity index (χ0) is 8.97. The lowest BCUT2D eigenvalue weighted by Crippen LogP contribution is -1.89. The van der Waals surface area contributed by atoms with Gasteiger partial charge >= 0.3 is 0 Å². The fraction of sp³-hybridized carbons (Fsp3) is 0.333. The van der Waals surface area contributed by atoms with E-state index in [1.54, 1.807) is 0 Å². The highest BCUT2D eigenvalue weighted by atomic mass is 31.0. The number of benzene rings is 1. The first kappa shape index (κ1) is 10.6. The van der Waals surface area contributed by atoms with Crippen LogP contribution in [0.25, 0.3) is 0 Å². The van der Waals surface area contributed by atoms with Crippen LogP contribution >= 0.6 is 27.7 Å². The van der Waals surface area contributed by atoms with E-state index in [1.807, 2.05) is 0 Å². The fourth-order valence-corrected chi connectivity index (χ4v) is 2.23. The Morgan fingerprint density at radius 1 is 0.833 bits per heavy atom. The van der Waals surface area contributed by atoms with Crippen molar-refractivity contribution >= 4 is 27.7 Å². The maximum Gasteiger partial charge on any atom is -0.0126 e. The zero-order valence-corrected chi connectivity index (χ0v) is 10.5. The summed E-state index contributed by atoms with van der Waals surface area (Å²) in [5.41, 5.74) is 4.30. The standard InChI is InChI=1S/C9H15P3/c10-4-7-1-2-8(5-11)9(3-7)6-12/h1-3H,4-6,10-12H2. The summed E-state index contributed by atoms with van der Waals surface area (Å²) in [5, 5.41) is 0. The van der Waals surface area contributed by atoms with Crippen LogP contribution < -0.4 is 0 Å². The lowest BCUT2D eigenvalue weighted by molar-refractivity contribution is 1.25. The Kier molecular flexibility index (Phi) is 4.66. The smallest absolute Gasteiger partial charge is 0.0126 e. The molecule has 0 aromatic heterocycles. The van der Waals surface area contributed by atoms with E-state index >= 15 is 0 Å². The van der Waals surface area contributed by atoms with E-state index in [-0.39, 0.29) is 0 Å². The summed E-state index contributed by atoms with van der Waals surface area (Å²) in [4.78, 5) is 0. The molecule has 0 aliphatic carbocycles. The van der Waals surface area contributed by atoms with E-state index in [2.05, 4.69) is 45.9 Å². The topological polar surface area (TPSA) is 0 Å². The van der Waals surface area contributed by atoms with Crippen molar-refractivity contribution in [3.05, 3.63) is 34.9 Å². The summed E-state index contributed by atoms with van der Waals surface area (Å²) < 4.78 is 0. The lowest BCUT2D eigenvalue weighted by Gasteiger charge is -2.06. The first-order valence-corrected chi connectivity index (χ1v) is 6.47. The molecule has 3 atom stereocenters. The predicted molar refractivity (Wildman–Crippen MR) is 66.7 cm³/mol. The summed E-state index contributed by atoms with van der Waals surface area (Å²) >= 11 is 0. The molecule has 0 saturated heterocycles. The molecule has 0 saturated carbocycles. The molecule has 1 rings (SSSR count). The first-order valence-electron chi connectivity index (χ1n) is 4.02. The highest BCUT2D eigenvalue weighted by Crippen LogP contribution is 2.19. The summed E-state index contributed by atoms with van der Waals surface area (Å²) in [7, 11) is 8.31. The van der Waals surface area contributed by atoms with Gasteiger partial charge in [0, 0.05) is 0 Å². The van der Waals surface area contributed by atoms with E-state index in [1.165, 1.54) is 16.7 Å². The van der Waals surface area contributed by atoms with Gasteiger partial charge in [-0.25, -0.2) is 0 Å². The molecule has 0 nitrogen and oxygen atoms in total. The van der Waals surface area contributed by atoms with Crippen LogP contribution in [0.1, 0.15) is 16.7 Å². The Morgan fingerprint density at radius 2 is 1.50 bits per heavy atom. The molecule has 66 valence electrons. The van der Waals surface area contributed by atoms with Crippen molar-refractivity contribution in [1.29, 1.82) is 0 Å². The van der Waals surface area contributed by atoms with Gasteiger partial charge in [0.05, 0.1) is 0 Å². The highest BCUT2D eigenvalue weighted by Gasteiger charge is 1.98. The number of hydrogen-bond donors (Lipinski definition) is 0. The molecule has 3 heteroatoms. The maximum atomic E-state index is 2.78. The Bertz CT molecular complexity index is 258. The maximum absolute atomic E-state index is 2.78. The van der Waals surface area contributed by atoms with Crippen LogP contribution in [0, 0.1) is 0 Å². The van der Waals surface area contributed by atoms with Gasteiger partial charge in [0.2, 0.25) is 0 Å². The molecule has 1 aromatic rings. The third kappa shape index (κ3) is 2.50. The second-order valence-electron chi connectivity index (χ2n) is 2.72. The van der Waals surface area contributed by atoms with Crippen LogP contribution in [0.15, 0.2) is 18.2 Å². The Hall–Kier alpha value is 0.510. The average molecular weight is 216 g/mol. The third-order valence-electron chi connectivity index (χ3n) is 1.95. The van der Waals surface area contributed by atoms with Gasteiger partial charge in [0.1, 0.15) is 0 Å². The molecule has 0 N–H and O–H groups in total. The predicted octanol–water partition coefficient (Wildman–Crippen LogP) is 2.81. The molecular formula is C9H15P3. The molecule has 0 aliphatic rings. The second-order valence-corrected chi connectivity index (χ2v) is 3.94. The van der Waals surface area contributed by atoms with Gasteiger partial charge in [-0.2, -0.15) is 0 Å². The Morgan fingerprint density at radius 3 is 2.00 bits per heavy atom. The summed E-state index contributed by atoms with van der Waals surface area (Å²) in [6, 6.07) is 6.72. The van der Waals surface area contributed by atoms with Gasteiger partial charge < -0.3 is 0 Å². The Labute approximate surface area is 81.5 Å². The molecule has 3 unspecified atom stereocenters. The van der Waals surface area contributed by atoms with Crippen molar-refractivity contribution in [2.45, 2.75) is 18.5 Å². The molecule has 0 bridgehead atoms. The molecule has 0 amide bonds. The van der Waals surface area contributed by atoms with E-state index in [0.29, 0.717) is 0 Å². The molecule has 0 fully saturated rings. The van der Waals surface area contributed by atoms with Crippen LogP contribution in [-0.2, 0) is 18.5 Å². The van der Waals surface area contributed by atoms with Crippen molar-refractivity contribution in [1.82, 2.24) is 0 Å². The molecule has 0 aliphatic heterocycles.